The van der Waals surface area contributed by atoms with Crippen LogP contribution in [0.2, 0.25) is 0 Å². The first kappa shape index (κ1) is 39.9. The number of aromatic nitrogens is 5. The number of nitriles is 1. The lowest BCUT2D eigenvalue weighted by Crippen LogP contribution is -2.10. The molecule has 0 saturated heterocycles. The minimum Gasteiger partial charge on any atom is -0.453 e. The highest BCUT2D eigenvalue weighted by Gasteiger charge is 2.33. The Morgan fingerprint density at radius 2 is 0.708 bits per heavy atom. The lowest BCUT2D eigenvalue weighted by Gasteiger charge is -2.22. The maximum atomic E-state index is 12.3. The summed E-state index contributed by atoms with van der Waals surface area (Å²) in [6.45, 7) is 0. The molecule has 7 nitrogen and oxygen atoms in total. The van der Waals surface area contributed by atoms with Gasteiger partial charge in [-0.05, 0) is 48.5 Å². The van der Waals surface area contributed by atoms with Crippen LogP contribution in [0.3, 0.4) is 0 Å². The van der Waals surface area contributed by atoms with Gasteiger partial charge in [-0.25, -0.2) is 9.97 Å². The monoisotopic (exact) mass is 918 g/mol. The van der Waals surface area contributed by atoms with Crippen LogP contribution in [0.4, 0.5) is 0 Å². The van der Waals surface area contributed by atoms with Crippen molar-refractivity contribution >= 4 is 87.4 Å². The van der Waals surface area contributed by atoms with Crippen molar-refractivity contribution in [2.75, 3.05) is 0 Å². The van der Waals surface area contributed by atoms with Crippen molar-refractivity contribution in [1.29, 1.82) is 5.26 Å². The zero-order chi connectivity index (χ0) is 47.4. The van der Waals surface area contributed by atoms with Gasteiger partial charge in [-0.15, -0.1) is 0 Å². The van der Waals surface area contributed by atoms with Gasteiger partial charge in [0.1, 0.15) is 22.9 Å². The van der Waals surface area contributed by atoms with Crippen LogP contribution in [-0.4, -0.2) is 23.7 Å². The molecule has 15 aromatic rings. The quantitative estimate of drug-likeness (QED) is 0.166. The van der Waals surface area contributed by atoms with E-state index in [4.69, 9.17) is 14.4 Å². The van der Waals surface area contributed by atoms with Crippen molar-refractivity contribution < 1.29 is 4.42 Å². The molecule has 72 heavy (non-hydrogen) atoms. The Morgan fingerprint density at radius 1 is 0.347 bits per heavy atom. The van der Waals surface area contributed by atoms with Gasteiger partial charge in [0.05, 0.1) is 66.8 Å². The molecule has 0 aliphatic rings. The number of nitrogens with zero attached hydrogens (tertiary/aromatic N) is 6. The highest BCUT2D eigenvalue weighted by Crippen LogP contribution is 2.50. The summed E-state index contributed by atoms with van der Waals surface area (Å²) in [6.07, 6.45) is 0. The van der Waals surface area contributed by atoms with E-state index in [1.54, 1.807) is 0 Å². The van der Waals surface area contributed by atoms with Crippen molar-refractivity contribution in [3.05, 3.63) is 236 Å². The molecular formula is C65H38N6O. The zero-order valence-corrected chi connectivity index (χ0v) is 38.5. The fourth-order valence-electron chi connectivity index (χ4n) is 11.5. The molecule has 0 radical (unpaired) electrons. The Bertz CT molecular complexity index is 4540. The summed E-state index contributed by atoms with van der Waals surface area (Å²) >= 11 is 0. The van der Waals surface area contributed by atoms with Gasteiger partial charge in [-0.2, -0.15) is 5.26 Å². The predicted octanol–water partition coefficient (Wildman–Crippen LogP) is 16.5. The number of rotatable bonds is 6. The van der Waals surface area contributed by atoms with Gasteiger partial charge in [0.25, 0.3) is 0 Å². The van der Waals surface area contributed by atoms with Crippen LogP contribution < -0.4 is 0 Å². The van der Waals surface area contributed by atoms with Gasteiger partial charge in [0, 0.05) is 48.8 Å². The highest BCUT2D eigenvalue weighted by atomic mass is 16.3. The number of hydrogen-bond acceptors (Lipinski definition) is 4. The molecular weight excluding hydrogens is 881 g/mol. The summed E-state index contributed by atoms with van der Waals surface area (Å²) in [5.74, 6) is 0.528. The number of benzene rings is 10. The predicted molar refractivity (Wildman–Crippen MR) is 293 cm³/mol. The van der Waals surface area contributed by atoms with Gasteiger partial charge in [-0.3, -0.25) is 0 Å². The molecule has 0 saturated carbocycles. The number of fused-ring (bicyclic) bond motifs is 12. The third-order valence-electron chi connectivity index (χ3n) is 14.5. The van der Waals surface area contributed by atoms with Gasteiger partial charge in [0.15, 0.2) is 11.4 Å². The molecule has 7 heteroatoms. The summed E-state index contributed by atoms with van der Waals surface area (Å²) in [5, 5.41) is 20.6. The molecule has 0 N–H and O–H groups in total. The Kier molecular flexibility index (Phi) is 8.59. The van der Waals surface area contributed by atoms with Crippen LogP contribution in [0.1, 0.15) is 5.56 Å². The fraction of sp³-hybridized carbons (Fsp3) is 0. The zero-order valence-electron chi connectivity index (χ0n) is 38.5. The van der Waals surface area contributed by atoms with Crippen LogP contribution in [0.15, 0.2) is 235 Å². The molecule has 10 aromatic carbocycles. The molecule has 0 aliphatic carbocycles. The Morgan fingerprint density at radius 3 is 1.12 bits per heavy atom. The topological polar surface area (TPSA) is 77.5 Å². The van der Waals surface area contributed by atoms with E-state index in [-0.39, 0.29) is 0 Å². The van der Waals surface area contributed by atoms with Gasteiger partial charge < -0.3 is 18.1 Å². The third kappa shape index (κ3) is 5.66. The molecule has 0 aliphatic heterocycles. The van der Waals surface area contributed by atoms with E-state index in [0.717, 1.165) is 116 Å². The highest BCUT2D eigenvalue weighted by molar-refractivity contribution is 6.22. The molecule has 15 rings (SSSR count). The van der Waals surface area contributed by atoms with E-state index in [1.165, 1.54) is 0 Å². The first-order valence-electron chi connectivity index (χ1n) is 24.1. The molecule has 0 amide bonds. The van der Waals surface area contributed by atoms with Crippen molar-refractivity contribution in [2.24, 2.45) is 0 Å². The summed E-state index contributed by atoms with van der Waals surface area (Å²) in [5.41, 5.74) is 14.1. The fourth-order valence-corrected chi connectivity index (χ4v) is 11.5. The molecule has 0 fully saturated rings. The maximum Gasteiger partial charge on any atom is 0.164 e. The van der Waals surface area contributed by atoms with E-state index in [1.807, 2.05) is 36.4 Å². The second-order valence-corrected chi connectivity index (χ2v) is 18.3. The van der Waals surface area contributed by atoms with Crippen LogP contribution in [0.25, 0.3) is 138 Å². The first-order chi connectivity index (χ1) is 35.7. The second kappa shape index (κ2) is 15.5. The van der Waals surface area contributed by atoms with Crippen molar-refractivity contribution in [2.45, 2.75) is 0 Å². The molecule has 0 bridgehead atoms. The minimum atomic E-state index is 0.465. The molecule has 5 aromatic heterocycles. The molecule has 0 spiro atoms. The smallest absolute Gasteiger partial charge is 0.164 e. The average Bonchev–Trinajstić information content (AvgIpc) is 4.20. The van der Waals surface area contributed by atoms with E-state index < -0.39 is 0 Å². The average molecular weight is 919 g/mol. The van der Waals surface area contributed by atoms with Crippen LogP contribution in [0.5, 0.6) is 0 Å². The van der Waals surface area contributed by atoms with Gasteiger partial charge >= 0.3 is 0 Å². The Hall–Kier alpha value is -10.0. The van der Waals surface area contributed by atoms with Crippen molar-refractivity contribution in [3.8, 4) is 57.0 Å². The Labute approximate surface area is 411 Å². The largest absolute Gasteiger partial charge is 0.453 e. The number of hydrogen-bond donors (Lipinski definition) is 0. The molecule has 0 unspecified atom stereocenters. The number of para-hydroxylation sites is 7. The van der Waals surface area contributed by atoms with E-state index in [9.17, 15) is 5.26 Å². The van der Waals surface area contributed by atoms with Gasteiger partial charge in [-0.1, -0.05) is 182 Å². The second-order valence-electron chi connectivity index (χ2n) is 18.3. The standard InChI is InChI=1S/C65H38N6O/c66-39-50-60(69-53-32-13-7-24-42(53)43-25-8-14-33-54(43)69)62(71-57-36-17-11-28-46(57)47-29-12-18-37-58(47)71)59-48-30-19-31-49(65-67-51(40-20-3-1-4-21-40)38-52(68-65)41-22-5-2-6-23-41)63(48)72-64(59)61(50)70-55-34-15-9-26-44(55)45-27-10-16-35-56(45)70/h1-38H. The lowest BCUT2D eigenvalue weighted by atomic mass is 10.00. The van der Waals surface area contributed by atoms with E-state index in [2.05, 4.69) is 214 Å². The lowest BCUT2D eigenvalue weighted by molar-refractivity contribution is 0.666. The summed E-state index contributed by atoms with van der Waals surface area (Å²) in [4.78, 5) is 10.7. The van der Waals surface area contributed by atoms with Gasteiger partial charge in [0.2, 0.25) is 0 Å². The van der Waals surface area contributed by atoms with E-state index >= 15 is 0 Å². The normalized spacial score (nSPS) is 11.9. The third-order valence-corrected chi connectivity index (χ3v) is 14.5. The van der Waals surface area contributed by atoms with Crippen LogP contribution in [0, 0.1) is 11.3 Å². The maximum absolute atomic E-state index is 12.3. The molecule has 0 atom stereocenters. The summed E-state index contributed by atoms with van der Waals surface area (Å²) in [7, 11) is 0. The molecule has 334 valence electrons. The van der Waals surface area contributed by atoms with E-state index in [0.29, 0.717) is 28.2 Å². The Balaban J connectivity index is 1.20. The molecule has 5 heterocycles. The summed E-state index contributed by atoms with van der Waals surface area (Å²) in [6, 6.07) is 82.9. The van der Waals surface area contributed by atoms with Crippen molar-refractivity contribution in [3.63, 3.8) is 0 Å². The van der Waals surface area contributed by atoms with Crippen molar-refractivity contribution in [1.82, 2.24) is 23.7 Å². The minimum absolute atomic E-state index is 0.465. The van der Waals surface area contributed by atoms with Crippen LogP contribution >= 0.6 is 0 Å². The number of furan rings is 1. The first-order valence-corrected chi connectivity index (χ1v) is 24.1. The van der Waals surface area contributed by atoms with Crippen LogP contribution in [-0.2, 0) is 0 Å². The SMILES string of the molecule is N#Cc1c(-n2c3ccccc3c3ccccc32)c(-n2c3ccccc3c3ccccc32)c2c(oc3c(-c4nc(-c5ccccc5)cc(-c5ccccc5)n4)cccc32)c1-n1c2ccccc2c2ccccc21. The summed E-state index contributed by atoms with van der Waals surface area (Å²) < 4.78 is 14.6.